The summed E-state index contributed by atoms with van der Waals surface area (Å²) < 4.78 is 32.8. The monoisotopic (exact) mass is 524 g/mol. The second kappa shape index (κ2) is 11.8. The number of fused-ring (bicyclic) bond motifs is 1. The topological polar surface area (TPSA) is 170 Å². The third kappa shape index (κ3) is 5.89. The van der Waals surface area contributed by atoms with Crippen molar-refractivity contribution in [2.45, 2.75) is 62.9 Å². The van der Waals surface area contributed by atoms with Gasteiger partial charge in [0.25, 0.3) is 0 Å². The van der Waals surface area contributed by atoms with Gasteiger partial charge in [0.15, 0.2) is 6.29 Å². The summed E-state index contributed by atoms with van der Waals surface area (Å²) in [6, 6.07) is 7.35. The Bertz CT molecular complexity index is 976. The smallest absolute Gasteiger partial charge is 0.337 e. The number of benzene rings is 1. The molecule has 204 valence electrons. The van der Waals surface area contributed by atoms with E-state index in [-0.39, 0.29) is 18.6 Å². The van der Waals surface area contributed by atoms with Crippen LogP contribution in [0.5, 0.6) is 5.75 Å². The second-order valence-electron chi connectivity index (χ2n) is 9.23. The van der Waals surface area contributed by atoms with Crippen molar-refractivity contribution in [1.29, 1.82) is 0 Å². The maximum atomic E-state index is 12.9. The fourth-order valence-corrected chi connectivity index (χ4v) is 4.79. The molecule has 3 aliphatic rings. The van der Waals surface area contributed by atoms with Crippen molar-refractivity contribution in [3.8, 4) is 5.75 Å². The lowest BCUT2D eigenvalue weighted by Crippen LogP contribution is -2.61. The predicted molar refractivity (Wildman–Crippen MR) is 123 cm³/mol. The van der Waals surface area contributed by atoms with Crippen LogP contribution < -0.4 is 4.74 Å². The summed E-state index contributed by atoms with van der Waals surface area (Å²) in [5.74, 6) is -1.75. The zero-order chi connectivity index (χ0) is 26.7. The van der Waals surface area contributed by atoms with Gasteiger partial charge < -0.3 is 48.8 Å². The predicted octanol–water partition coefficient (Wildman–Crippen LogP) is -0.595. The van der Waals surface area contributed by atoms with Crippen molar-refractivity contribution in [3.63, 3.8) is 0 Å². The molecular formula is C25H32O12. The number of methoxy groups -OCH3 is 1. The average Bonchev–Trinajstić information content (AvgIpc) is 2.89. The number of hydrogen-bond donors (Lipinski definition) is 4. The summed E-state index contributed by atoms with van der Waals surface area (Å²) in [5, 5.41) is 39.8. The number of aliphatic hydroxyl groups excluding tert-OH is 4. The van der Waals surface area contributed by atoms with Crippen LogP contribution in [0.25, 0.3) is 0 Å². The molecule has 0 aliphatic carbocycles. The number of cyclic esters (lactones) is 1. The second-order valence-corrected chi connectivity index (χ2v) is 9.23. The van der Waals surface area contributed by atoms with Crippen LogP contribution in [0.2, 0.25) is 0 Å². The molecule has 4 N–H and O–H groups in total. The van der Waals surface area contributed by atoms with Crippen LogP contribution in [0.4, 0.5) is 0 Å². The van der Waals surface area contributed by atoms with Crippen LogP contribution in [-0.4, -0.2) is 95.8 Å². The average molecular weight is 525 g/mol. The van der Waals surface area contributed by atoms with E-state index in [0.29, 0.717) is 6.42 Å². The minimum Gasteiger partial charge on any atom is -0.497 e. The van der Waals surface area contributed by atoms with Gasteiger partial charge in [0.2, 0.25) is 6.29 Å². The molecule has 0 bridgehead atoms. The van der Waals surface area contributed by atoms with E-state index >= 15 is 0 Å². The molecule has 2 fully saturated rings. The Hall–Kier alpha value is -2.74. The largest absolute Gasteiger partial charge is 0.497 e. The molecule has 0 aromatic heterocycles. The number of esters is 2. The number of hydrogen-bond acceptors (Lipinski definition) is 12. The highest BCUT2D eigenvalue weighted by atomic mass is 16.8. The Morgan fingerprint density at radius 1 is 1.08 bits per heavy atom. The van der Waals surface area contributed by atoms with E-state index in [0.717, 1.165) is 17.6 Å². The van der Waals surface area contributed by atoms with Crippen LogP contribution in [0, 0.1) is 11.8 Å². The first-order valence-corrected chi connectivity index (χ1v) is 12.0. The third-order valence-electron chi connectivity index (χ3n) is 6.89. The van der Waals surface area contributed by atoms with E-state index in [1.807, 2.05) is 24.3 Å². The van der Waals surface area contributed by atoms with Gasteiger partial charge in [-0.05, 0) is 24.6 Å². The van der Waals surface area contributed by atoms with Crippen molar-refractivity contribution >= 4 is 11.9 Å². The Morgan fingerprint density at radius 3 is 2.49 bits per heavy atom. The van der Waals surface area contributed by atoms with Crippen molar-refractivity contribution in [2.75, 3.05) is 20.3 Å². The molecule has 1 aromatic rings. The first kappa shape index (κ1) is 27.3. The Balaban J connectivity index is 1.44. The summed E-state index contributed by atoms with van der Waals surface area (Å²) in [6.07, 6.45) is -7.80. The van der Waals surface area contributed by atoms with Crippen LogP contribution in [-0.2, 0) is 39.7 Å². The highest BCUT2D eigenvalue weighted by molar-refractivity contribution is 5.90. The molecule has 4 rings (SSSR count). The van der Waals surface area contributed by atoms with Crippen LogP contribution in [0.1, 0.15) is 18.9 Å². The number of ether oxygens (including phenoxy) is 6. The molecule has 1 aromatic carbocycles. The molecule has 12 nitrogen and oxygen atoms in total. The number of carbonyl (C=O) groups excluding carboxylic acids is 2. The molecule has 0 amide bonds. The molecule has 0 radical (unpaired) electrons. The standard InChI is InChI=1S/C25H32O12/c1-12-19-15(9-18(27)35-12)16(23(31)33-8-7-13-3-5-14(32-2)6-4-13)11-34-24(19)37-25-22(30)21(29)20(28)17(10-26)36-25/h3-6,11-12,15,17,19-22,24-26,28-30H,7-10H2,1-2H3/t12-,15-,17-,19-,20-,21+,22-,24+,25+/m1/s1. The summed E-state index contributed by atoms with van der Waals surface area (Å²) in [4.78, 5) is 25.1. The molecule has 0 saturated carbocycles. The van der Waals surface area contributed by atoms with Gasteiger partial charge in [0, 0.05) is 12.3 Å². The molecule has 37 heavy (non-hydrogen) atoms. The molecule has 12 heteroatoms. The van der Waals surface area contributed by atoms with Crippen molar-refractivity contribution in [1.82, 2.24) is 0 Å². The van der Waals surface area contributed by atoms with Crippen molar-refractivity contribution in [2.24, 2.45) is 11.8 Å². The first-order valence-electron chi connectivity index (χ1n) is 12.0. The minimum atomic E-state index is -1.64. The number of rotatable bonds is 8. The van der Waals surface area contributed by atoms with Gasteiger partial charge in [-0.3, -0.25) is 4.79 Å². The van der Waals surface area contributed by atoms with Gasteiger partial charge in [-0.2, -0.15) is 0 Å². The summed E-state index contributed by atoms with van der Waals surface area (Å²) in [7, 11) is 1.57. The first-order chi connectivity index (χ1) is 17.7. The highest BCUT2D eigenvalue weighted by Gasteiger charge is 2.52. The Labute approximate surface area is 213 Å². The van der Waals surface area contributed by atoms with Crippen LogP contribution in [0.15, 0.2) is 36.1 Å². The van der Waals surface area contributed by atoms with Gasteiger partial charge in [-0.1, -0.05) is 12.1 Å². The lowest BCUT2D eigenvalue weighted by Gasteiger charge is -2.45. The van der Waals surface area contributed by atoms with Gasteiger partial charge in [0.1, 0.15) is 36.3 Å². The third-order valence-corrected chi connectivity index (χ3v) is 6.89. The normalized spacial score (nSPS) is 35.5. The van der Waals surface area contributed by atoms with E-state index in [4.69, 9.17) is 28.4 Å². The minimum absolute atomic E-state index is 0.102. The van der Waals surface area contributed by atoms with Crippen molar-refractivity contribution in [3.05, 3.63) is 41.7 Å². The van der Waals surface area contributed by atoms with Gasteiger partial charge in [0.05, 0.1) is 44.5 Å². The molecule has 0 spiro atoms. The maximum Gasteiger partial charge on any atom is 0.337 e. The number of carbonyl (C=O) groups is 2. The summed E-state index contributed by atoms with van der Waals surface area (Å²) >= 11 is 0. The Kier molecular flexibility index (Phi) is 8.67. The van der Waals surface area contributed by atoms with Crippen LogP contribution in [0.3, 0.4) is 0 Å². The van der Waals surface area contributed by atoms with Gasteiger partial charge in [-0.15, -0.1) is 0 Å². The molecule has 0 unspecified atom stereocenters. The SMILES string of the molecule is COc1ccc(CCOC(=O)C2=CO[C@@H](O[C@@H]3O[C@H](CO)[C@@H](O)[C@H](O)[C@H]3O)[C@H]3[C@@H]2CC(=O)O[C@@H]3C)cc1. The van der Waals surface area contributed by atoms with E-state index in [1.165, 1.54) is 0 Å². The summed E-state index contributed by atoms with van der Waals surface area (Å²) in [6.45, 7) is 1.10. The van der Waals surface area contributed by atoms with E-state index < -0.39 is 73.5 Å². The van der Waals surface area contributed by atoms with Gasteiger partial charge >= 0.3 is 11.9 Å². The lowest BCUT2D eigenvalue weighted by molar-refractivity contribution is -0.346. The zero-order valence-electron chi connectivity index (χ0n) is 20.5. The fraction of sp³-hybridized carbons (Fsp3) is 0.600. The highest BCUT2D eigenvalue weighted by Crippen LogP contribution is 2.41. The Morgan fingerprint density at radius 2 is 1.81 bits per heavy atom. The summed E-state index contributed by atoms with van der Waals surface area (Å²) in [5.41, 5.74) is 1.10. The number of aliphatic hydroxyl groups is 4. The lowest BCUT2D eigenvalue weighted by atomic mass is 9.77. The van der Waals surface area contributed by atoms with Crippen LogP contribution >= 0.6 is 0 Å². The van der Waals surface area contributed by atoms with E-state index in [2.05, 4.69) is 0 Å². The van der Waals surface area contributed by atoms with E-state index in [9.17, 15) is 30.0 Å². The van der Waals surface area contributed by atoms with E-state index in [1.54, 1.807) is 14.0 Å². The fourth-order valence-electron chi connectivity index (χ4n) is 4.79. The molecule has 2 saturated heterocycles. The van der Waals surface area contributed by atoms with Crippen molar-refractivity contribution < 1.29 is 58.4 Å². The quantitative estimate of drug-likeness (QED) is 0.319. The zero-order valence-corrected chi connectivity index (χ0v) is 20.5. The molecule has 3 heterocycles. The molecule has 9 atom stereocenters. The molecule has 3 aliphatic heterocycles. The molecular weight excluding hydrogens is 492 g/mol. The maximum absolute atomic E-state index is 12.9. The van der Waals surface area contributed by atoms with Gasteiger partial charge in [-0.25, -0.2) is 4.79 Å².